The molecule has 0 spiro atoms. The van der Waals surface area contributed by atoms with Crippen LogP contribution in [0.1, 0.15) is 18.4 Å². The number of benzene rings is 1. The van der Waals surface area contributed by atoms with Crippen molar-refractivity contribution in [1.29, 1.82) is 5.26 Å². The SMILES string of the molecule is COCCCC(N)C(=O)Nc1ccc(C#N)cc1Cl. The van der Waals surface area contributed by atoms with Gasteiger partial charge in [0.15, 0.2) is 0 Å². The summed E-state index contributed by atoms with van der Waals surface area (Å²) >= 11 is 5.96. The maximum atomic E-state index is 11.8. The van der Waals surface area contributed by atoms with Crippen molar-refractivity contribution in [3.63, 3.8) is 0 Å². The lowest BCUT2D eigenvalue weighted by Crippen LogP contribution is -2.35. The lowest BCUT2D eigenvalue weighted by molar-refractivity contribution is -0.117. The molecule has 6 heteroatoms. The largest absolute Gasteiger partial charge is 0.385 e. The maximum absolute atomic E-state index is 11.8. The van der Waals surface area contributed by atoms with Crippen molar-refractivity contribution in [2.75, 3.05) is 19.0 Å². The Morgan fingerprint density at radius 2 is 2.37 bits per heavy atom. The van der Waals surface area contributed by atoms with E-state index in [1.807, 2.05) is 6.07 Å². The van der Waals surface area contributed by atoms with E-state index >= 15 is 0 Å². The summed E-state index contributed by atoms with van der Waals surface area (Å²) in [6.07, 6.45) is 1.25. The lowest BCUT2D eigenvalue weighted by atomic mass is 10.1. The predicted octanol–water partition coefficient (Wildman–Crippen LogP) is 1.90. The number of nitriles is 1. The van der Waals surface area contributed by atoms with Crippen molar-refractivity contribution < 1.29 is 9.53 Å². The Balaban J connectivity index is 2.59. The van der Waals surface area contributed by atoms with Gasteiger partial charge in [0, 0.05) is 13.7 Å². The van der Waals surface area contributed by atoms with Gasteiger partial charge in [-0.1, -0.05) is 11.6 Å². The molecular weight excluding hydrogens is 266 g/mol. The Labute approximate surface area is 117 Å². The van der Waals surface area contributed by atoms with Crippen LogP contribution >= 0.6 is 11.6 Å². The van der Waals surface area contributed by atoms with Crippen molar-refractivity contribution in [1.82, 2.24) is 0 Å². The fraction of sp³-hybridized carbons (Fsp3) is 0.385. The molecule has 1 aromatic carbocycles. The highest BCUT2D eigenvalue weighted by Crippen LogP contribution is 2.22. The zero-order chi connectivity index (χ0) is 14.3. The minimum absolute atomic E-state index is 0.303. The average Bonchev–Trinajstić information content (AvgIpc) is 2.41. The molecule has 102 valence electrons. The van der Waals surface area contributed by atoms with Gasteiger partial charge in [0.2, 0.25) is 5.91 Å². The summed E-state index contributed by atoms with van der Waals surface area (Å²) in [5, 5.41) is 11.7. The summed E-state index contributed by atoms with van der Waals surface area (Å²) in [4.78, 5) is 11.8. The zero-order valence-corrected chi connectivity index (χ0v) is 11.4. The molecule has 1 atom stereocenters. The van der Waals surface area contributed by atoms with Gasteiger partial charge < -0.3 is 15.8 Å². The van der Waals surface area contributed by atoms with Gasteiger partial charge in [0.1, 0.15) is 0 Å². The second kappa shape index (κ2) is 7.74. The first-order valence-electron chi connectivity index (χ1n) is 5.83. The van der Waals surface area contributed by atoms with E-state index in [-0.39, 0.29) is 5.91 Å². The van der Waals surface area contributed by atoms with Gasteiger partial charge in [-0.05, 0) is 31.0 Å². The topological polar surface area (TPSA) is 88.1 Å². The number of anilines is 1. The Morgan fingerprint density at radius 1 is 1.63 bits per heavy atom. The number of nitrogens with two attached hydrogens (primary N) is 1. The van der Waals surface area contributed by atoms with Gasteiger partial charge in [0.05, 0.1) is 28.4 Å². The molecule has 0 aromatic heterocycles. The van der Waals surface area contributed by atoms with E-state index in [0.29, 0.717) is 35.7 Å². The van der Waals surface area contributed by atoms with E-state index in [1.54, 1.807) is 19.2 Å². The molecule has 0 radical (unpaired) electrons. The highest BCUT2D eigenvalue weighted by molar-refractivity contribution is 6.33. The number of halogens is 1. The molecule has 0 aliphatic heterocycles. The van der Waals surface area contributed by atoms with Crippen LogP contribution in [0.25, 0.3) is 0 Å². The van der Waals surface area contributed by atoms with Gasteiger partial charge in [-0.15, -0.1) is 0 Å². The number of amides is 1. The third kappa shape index (κ3) is 4.87. The van der Waals surface area contributed by atoms with Gasteiger partial charge >= 0.3 is 0 Å². The predicted molar refractivity (Wildman–Crippen MR) is 73.9 cm³/mol. The minimum Gasteiger partial charge on any atom is -0.385 e. The van der Waals surface area contributed by atoms with Crippen LogP contribution in [0.3, 0.4) is 0 Å². The Hall–Kier alpha value is -1.61. The molecular formula is C13H16ClN3O2. The van der Waals surface area contributed by atoms with Gasteiger partial charge in [0.25, 0.3) is 0 Å². The molecule has 0 fully saturated rings. The van der Waals surface area contributed by atoms with Crippen LogP contribution in [0, 0.1) is 11.3 Å². The number of carbonyl (C=O) groups is 1. The van der Waals surface area contributed by atoms with E-state index < -0.39 is 6.04 Å². The van der Waals surface area contributed by atoms with E-state index in [2.05, 4.69) is 5.32 Å². The quantitative estimate of drug-likeness (QED) is 0.780. The maximum Gasteiger partial charge on any atom is 0.241 e. The second-order valence-corrected chi connectivity index (χ2v) is 4.44. The number of carbonyl (C=O) groups excluding carboxylic acids is 1. The summed E-state index contributed by atoms with van der Waals surface area (Å²) in [5.74, 6) is -0.303. The first-order valence-corrected chi connectivity index (χ1v) is 6.21. The van der Waals surface area contributed by atoms with Crippen LogP contribution in [0.15, 0.2) is 18.2 Å². The van der Waals surface area contributed by atoms with Crippen LogP contribution in [0.5, 0.6) is 0 Å². The molecule has 5 nitrogen and oxygen atoms in total. The summed E-state index contributed by atoms with van der Waals surface area (Å²) in [7, 11) is 1.60. The number of hydrogen-bond donors (Lipinski definition) is 2. The van der Waals surface area contributed by atoms with Crippen LogP contribution in [0.2, 0.25) is 5.02 Å². The number of methoxy groups -OCH3 is 1. The van der Waals surface area contributed by atoms with Crippen molar-refractivity contribution >= 4 is 23.2 Å². The number of hydrogen-bond acceptors (Lipinski definition) is 4. The number of ether oxygens (including phenoxy) is 1. The van der Waals surface area contributed by atoms with Crippen molar-refractivity contribution in [2.24, 2.45) is 5.73 Å². The second-order valence-electron chi connectivity index (χ2n) is 4.04. The molecule has 0 saturated heterocycles. The normalized spacial score (nSPS) is 11.7. The molecule has 0 aliphatic carbocycles. The third-order valence-electron chi connectivity index (χ3n) is 2.56. The van der Waals surface area contributed by atoms with E-state index in [4.69, 9.17) is 27.3 Å². The molecule has 0 saturated carbocycles. The highest BCUT2D eigenvalue weighted by Gasteiger charge is 2.14. The average molecular weight is 282 g/mol. The first-order chi connectivity index (χ1) is 9.08. The fourth-order valence-electron chi connectivity index (χ4n) is 1.49. The van der Waals surface area contributed by atoms with Crippen molar-refractivity contribution in [3.8, 4) is 6.07 Å². The summed E-state index contributed by atoms with van der Waals surface area (Å²) in [6, 6.07) is 6.02. The minimum atomic E-state index is -0.609. The molecule has 1 amide bonds. The number of nitrogens with zero attached hydrogens (tertiary/aromatic N) is 1. The Kier molecular flexibility index (Phi) is 6.30. The molecule has 0 heterocycles. The van der Waals surface area contributed by atoms with E-state index in [1.165, 1.54) is 6.07 Å². The standard InChI is InChI=1S/C13H16ClN3O2/c1-19-6-2-3-11(16)13(18)17-12-5-4-9(8-15)7-10(12)14/h4-5,7,11H,2-3,6,16H2,1H3,(H,17,18). The molecule has 19 heavy (non-hydrogen) atoms. The zero-order valence-electron chi connectivity index (χ0n) is 10.6. The Bertz CT molecular complexity index is 485. The third-order valence-corrected chi connectivity index (χ3v) is 2.87. The van der Waals surface area contributed by atoms with Gasteiger partial charge in [-0.3, -0.25) is 4.79 Å². The van der Waals surface area contributed by atoms with Crippen molar-refractivity contribution in [3.05, 3.63) is 28.8 Å². The smallest absolute Gasteiger partial charge is 0.241 e. The number of rotatable bonds is 6. The molecule has 1 rings (SSSR count). The first kappa shape index (κ1) is 15.4. The fourth-order valence-corrected chi connectivity index (χ4v) is 1.72. The van der Waals surface area contributed by atoms with E-state index in [0.717, 1.165) is 0 Å². The lowest BCUT2D eigenvalue weighted by Gasteiger charge is -2.13. The molecule has 3 N–H and O–H groups in total. The van der Waals surface area contributed by atoms with Crippen LogP contribution in [0.4, 0.5) is 5.69 Å². The summed E-state index contributed by atoms with van der Waals surface area (Å²) in [6.45, 7) is 0.568. The van der Waals surface area contributed by atoms with E-state index in [9.17, 15) is 4.79 Å². The Morgan fingerprint density at radius 3 is 2.95 bits per heavy atom. The van der Waals surface area contributed by atoms with Crippen LogP contribution in [-0.4, -0.2) is 25.7 Å². The van der Waals surface area contributed by atoms with Crippen LogP contribution < -0.4 is 11.1 Å². The van der Waals surface area contributed by atoms with Crippen LogP contribution in [-0.2, 0) is 9.53 Å². The summed E-state index contributed by atoms with van der Waals surface area (Å²) in [5.41, 5.74) is 6.64. The highest BCUT2D eigenvalue weighted by atomic mass is 35.5. The molecule has 0 bridgehead atoms. The molecule has 1 unspecified atom stereocenters. The number of nitrogens with one attached hydrogen (secondary N) is 1. The molecule has 1 aromatic rings. The van der Waals surface area contributed by atoms with Gasteiger partial charge in [-0.2, -0.15) is 5.26 Å². The monoisotopic (exact) mass is 281 g/mol. The molecule has 0 aliphatic rings. The summed E-state index contributed by atoms with van der Waals surface area (Å²) < 4.78 is 4.90. The van der Waals surface area contributed by atoms with Crippen molar-refractivity contribution in [2.45, 2.75) is 18.9 Å². The van der Waals surface area contributed by atoms with Gasteiger partial charge in [-0.25, -0.2) is 0 Å².